The zero-order valence-corrected chi connectivity index (χ0v) is 26.7. The van der Waals surface area contributed by atoms with Gasteiger partial charge < -0.3 is 29.9 Å². The number of ether oxygens (including phenoxy) is 2. The summed E-state index contributed by atoms with van der Waals surface area (Å²) in [7, 11) is 0. The van der Waals surface area contributed by atoms with Gasteiger partial charge in [-0.25, -0.2) is 4.79 Å². The van der Waals surface area contributed by atoms with E-state index in [1.807, 2.05) is 72.5 Å². The molecule has 0 unspecified atom stereocenters. The van der Waals surface area contributed by atoms with Gasteiger partial charge in [0.05, 0.1) is 18.8 Å². The summed E-state index contributed by atoms with van der Waals surface area (Å²) < 4.78 is 11.3. The second-order valence-corrected chi connectivity index (χ2v) is 13.5. The topological polar surface area (TPSA) is 117 Å². The molecule has 2 aromatic rings. The molecule has 2 fully saturated rings. The van der Waals surface area contributed by atoms with E-state index in [0.29, 0.717) is 32.5 Å². The lowest BCUT2D eigenvalue weighted by atomic mass is 9.84. The second-order valence-electron chi connectivity index (χ2n) is 13.5. The number of nitrogens with one attached hydrogen (secondary N) is 2. The third-order valence-electron chi connectivity index (χ3n) is 8.09. The third-order valence-corrected chi connectivity index (χ3v) is 8.09. The lowest BCUT2D eigenvalue weighted by Gasteiger charge is -2.48. The fourth-order valence-corrected chi connectivity index (χ4v) is 6.03. The largest absolute Gasteiger partial charge is 0.444 e. The second kappa shape index (κ2) is 13.4. The summed E-state index contributed by atoms with van der Waals surface area (Å²) >= 11 is 0. The van der Waals surface area contributed by atoms with Gasteiger partial charge in [0, 0.05) is 25.6 Å². The van der Waals surface area contributed by atoms with Gasteiger partial charge >= 0.3 is 6.09 Å². The number of fused-ring (bicyclic) bond motifs is 1. The van der Waals surface area contributed by atoms with E-state index in [9.17, 15) is 19.2 Å². The van der Waals surface area contributed by atoms with Crippen molar-refractivity contribution in [1.29, 1.82) is 0 Å². The number of rotatable bonds is 10. The van der Waals surface area contributed by atoms with Crippen molar-refractivity contribution in [3.63, 3.8) is 0 Å². The summed E-state index contributed by atoms with van der Waals surface area (Å²) in [5.74, 6) is -0.872. The van der Waals surface area contributed by atoms with Crippen LogP contribution in [0.2, 0.25) is 0 Å². The van der Waals surface area contributed by atoms with E-state index >= 15 is 0 Å². The maximum atomic E-state index is 14.2. The highest BCUT2D eigenvalue weighted by atomic mass is 16.6. The number of hydrogen-bond acceptors (Lipinski definition) is 6. The Bertz CT molecular complexity index is 1330. The van der Waals surface area contributed by atoms with E-state index in [-0.39, 0.29) is 30.9 Å². The predicted molar refractivity (Wildman–Crippen MR) is 166 cm³/mol. The predicted octanol–water partition coefficient (Wildman–Crippen LogP) is 3.68. The number of nitrogens with zero attached hydrogens (tertiary/aromatic N) is 2. The van der Waals surface area contributed by atoms with E-state index in [0.717, 1.165) is 11.1 Å². The Morgan fingerprint density at radius 3 is 2.18 bits per heavy atom. The van der Waals surface area contributed by atoms with Crippen molar-refractivity contribution in [1.82, 2.24) is 20.4 Å². The Morgan fingerprint density at radius 1 is 0.955 bits per heavy atom. The Morgan fingerprint density at radius 2 is 1.57 bits per heavy atom. The van der Waals surface area contributed by atoms with Crippen molar-refractivity contribution in [3.8, 4) is 0 Å². The normalized spacial score (nSPS) is 21.0. The molecule has 10 nitrogen and oxygen atoms in total. The van der Waals surface area contributed by atoms with Crippen LogP contribution in [0.1, 0.15) is 59.1 Å². The van der Waals surface area contributed by atoms with E-state index in [1.165, 1.54) is 0 Å². The lowest BCUT2D eigenvalue weighted by molar-refractivity contribution is -0.147. The Labute approximate surface area is 260 Å². The maximum absolute atomic E-state index is 14.2. The monoisotopic (exact) mass is 606 g/mol. The van der Waals surface area contributed by atoms with Gasteiger partial charge in [0.15, 0.2) is 0 Å². The molecule has 10 heteroatoms. The number of piperazine rings is 1. The molecule has 0 spiro atoms. The van der Waals surface area contributed by atoms with Crippen LogP contribution in [0.4, 0.5) is 4.79 Å². The summed E-state index contributed by atoms with van der Waals surface area (Å²) in [6.07, 6.45) is 0.529. The van der Waals surface area contributed by atoms with Crippen LogP contribution in [0.5, 0.6) is 0 Å². The SMILES string of the molecule is C[C@@H]1C[C@]2(Cc3ccccc3)CN(C(=O)[C@@H](COCc3ccccc3)NC(=O)C(C)(C)NC(=O)OC(C)(C)C)CCN2C1=O. The summed E-state index contributed by atoms with van der Waals surface area (Å²) in [5, 5.41) is 5.45. The van der Waals surface area contributed by atoms with Crippen LogP contribution in [0.25, 0.3) is 0 Å². The molecule has 2 saturated heterocycles. The van der Waals surface area contributed by atoms with Crippen molar-refractivity contribution in [3.05, 3.63) is 71.8 Å². The van der Waals surface area contributed by atoms with Crippen molar-refractivity contribution >= 4 is 23.8 Å². The quantitative estimate of drug-likeness (QED) is 0.426. The molecule has 0 saturated carbocycles. The number of carbonyl (C=O) groups excluding carboxylic acids is 4. The van der Waals surface area contributed by atoms with Gasteiger partial charge in [0.25, 0.3) is 0 Å². The average molecular weight is 607 g/mol. The molecule has 2 aliphatic rings. The number of benzene rings is 2. The summed E-state index contributed by atoms with van der Waals surface area (Å²) in [6, 6.07) is 18.6. The highest BCUT2D eigenvalue weighted by Gasteiger charge is 2.53. The molecule has 0 aliphatic carbocycles. The average Bonchev–Trinajstić information content (AvgIpc) is 3.20. The Balaban J connectivity index is 1.53. The number of hydrogen-bond donors (Lipinski definition) is 2. The molecule has 4 rings (SSSR count). The molecule has 2 aliphatic heterocycles. The van der Waals surface area contributed by atoms with Crippen molar-refractivity contribution < 1.29 is 28.7 Å². The van der Waals surface area contributed by atoms with Crippen LogP contribution in [0, 0.1) is 5.92 Å². The minimum atomic E-state index is -1.37. The van der Waals surface area contributed by atoms with Crippen molar-refractivity contribution in [2.45, 2.75) is 83.7 Å². The molecular formula is C34H46N4O6. The molecule has 0 bridgehead atoms. The molecule has 0 aromatic heterocycles. The van der Waals surface area contributed by atoms with Gasteiger partial charge in [-0.3, -0.25) is 14.4 Å². The van der Waals surface area contributed by atoms with E-state index in [4.69, 9.17) is 9.47 Å². The summed E-state index contributed by atoms with van der Waals surface area (Å²) in [6.45, 7) is 11.6. The minimum absolute atomic E-state index is 0.0663. The van der Waals surface area contributed by atoms with Crippen LogP contribution in [-0.2, 0) is 36.9 Å². The van der Waals surface area contributed by atoms with Crippen molar-refractivity contribution in [2.75, 3.05) is 26.2 Å². The first-order valence-electron chi connectivity index (χ1n) is 15.3. The van der Waals surface area contributed by atoms with E-state index in [2.05, 4.69) is 10.6 Å². The lowest BCUT2D eigenvalue weighted by Crippen LogP contribution is -2.66. The zero-order valence-electron chi connectivity index (χ0n) is 26.7. The molecule has 2 aromatic carbocycles. The van der Waals surface area contributed by atoms with Crippen LogP contribution in [0.15, 0.2) is 60.7 Å². The summed E-state index contributed by atoms with van der Waals surface area (Å²) in [5.41, 5.74) is -0.619. The minimum Gasteiger partial charge on any atom is -0.444 e. The van der Waals surface area contributed by atoms with Crippen molar-refractivity contribution in [2.24, 2.45) is 5.92 Å². The van der Waals surface area contributed by atoms with Gasteiger partial charge in [-0.15, -0.1) is 0 Å². The van der Waals surface area contributed by atoms with Crippen LogP contribution in [0.3, 0.4) is 0 Å². The smallest absolute Gasteiger partial charge is 0.408 e. The van der Waals surface area contributed by atoms with Gasteiger partial charge in [0.2, 0.25) is 17.7 Å². The Hall–Kier alpha value is -3.92. The van der Waals surface area contributed by atoms with E-state index in [1.54, 1.807) is 39.5 Å². The molecule has 0 radical (unpaired) electrons. The molecule has 2 heterocycles. The van der Waals surface area contributed by atoms with Crippen LogP contribution in [-0.4, -0.2) is 82.6 Å². The summed E-state index contributed by atoms with van der Waals surface area (Å²) in [4.78, 5) is 57.0. The van der Waals surface area contributed by atoms with E-state index < -0.39 is 34.7 Å². The number of alkyl carbamates (subject to hydrolysis) is 1. The maximum Gasteiger partial charge on any atom is 0.408 e. The molecule has 44 heavy (non-hydrogen) atoms. The first kappa shape index (κ1) is 33.0. The van der Waals surface area contributed by atoms with Gasteiger partial charge in [-0.1, -0.05) is 67.6 Å². The number of carbonyl (C=O) groups is 4. The third kappa shape index (κ3) is 8.16. The zero-order chi connectivity index (χ0) is 32.1. The molecular weight excluding hydrogens is 560 g/mol. The van der Waals surface area contributed by atoms with Crippen LogP contribution >= 0.6 is 0 Å². The van der Waals surface area contributed by atoms with Gasteiger partial charge in [0.1, 0.15) is 17.2 Å². The number of amides is 4. The molecule has 238 valence electrons. The molecule has 2 N–H and O–H groups in total. The standard InChI is InChI=1S/C34H46N4O6/c1-24-19-34(20-25-13-9-7-10-14-25)23-37(17-18-38(34)28(24)39)29(40)27(22-43-21-26-15-11-8-12-16-26)35-30(41)33(5,6)36-31(42)44-32(2,3)4/h7-16,24,27H,17-23H2,1-6H3,(H,35,41)(H,36,42)/t24-,27-,34+/m1/s1. The van der Waals surface area contributed by atoms with Gasteiger partial charge in [-0.05, 0) is 58.6 Å². The highest BCUT2D eigenvalue weighted by Crippen LogP contribution is 2.39. The fraction of sp³-hybridized carbons (Fsp3) is 0.529. The highest BCUT2D eigenvalue weighted by molar-refractivity contribution is 5.94. The molecule has 4 amide bonds. The first-order valence-corrected chi connectivity index (χ1v) is 15.3. The first-order chi connectivity index (χ1) is 20.7. The fourth-order valence-electron chi connectivity index (χ4n) is 6.03. The van der Waals surface area contributed by atoms with Gasteiger partial charge in [-0.2, -0.15) is 0 Å². The Kier molecular flexibility index (Phi) is 10.0. The molecule has 3 atom stereocenters. The van der Waals surface area contributed by atoms with Crippen LogP contribution < -0.4 is 10.6 Å².